The molecular weight excluding hydrogens is 264 g/mol. The van der Waals surface area contributed by atoms with Crippen molar-refractivity contribution in [2.45, 2.75) is 76.4 Å². The van der Waals surface area contributed by atoms with Crippen molar-refractivity contribution < 1.29 is 14.9 Å². The molecule has 2 aliphatic rings. The molecule has 0 bridgehead atoms. The highest BCUT2D eigenvalue weighted by molar-refractivity contribution is 5.50. The number of aliphatic hydroxyl groups excluding tert-OH is 1. The van der Waals surface area contributed by atoms with Gasteiger partial charge in [0, 0.05) is 6.42 Å². The monoisotopic (exact) mass is 290 g/mol. The molecule has 3 nitrogen and oxygen atoms in total. The molecule has 1 saturated carbocycles. The first kappa shape index (κ1) is 14.7. The summed E-state index contributed by atoms with van der Waals surface area (Å²) in [4.78, 5) is 0. The smallest absolute Gasteiger partial charge is 0.129 e. The maximum absolute atomic E-state index is 10.4. The highest BCUT2D eigenvalue weighted by atomic mass is 16.5. The Labute approximate surface area is 127 Å². The molecule has 1 atom stereocenters. The predicted octanol–water partition coefficient (Wildman–Crippen LogP) is 4.25. The van der Waals surface area contributed by atoms with Gasteiger partial charge < -0.3 is 14.9 Å². The number of aliphatic hydroxyl groups is 1. The lowest BCUT2D eigenvalue weighted by Crippen LogP contribution is -2.38. The van der Waals surface area contributed by atoms with E-state index in [0.29, 0.717) is 17.7 Å². The Morgan fingerprint density at radius 2 is 2.00 bits per heavy atom. The van der Waals surface area contributed by atoms with Gasteiger partial charge in [-0.05, 0) is 56.2 Å². The Morgan fingerprint density at radius 3 is 2.71 bits per heavy atom. The second-order valence-electron chi connectivity index (χ2n) is 6.70. The summed E-state index contributed by atoms with van der Waals surface area (Å²) in [6.07, 6.45) is 8.87. The fraction of sp³-hybridized carbons (Fsp3) is 0.667. The van der Waals surface area contributed by atoms with Gasteiger partial charge in [0.15, 0.2) is 0 Å². The zero-order chi connectivity index (χ0) is 14.9. The van der Waals surface area contributed by atoms with E-state index in [2.05, 4.69) is 6.92 Å². The minimum atomic E-state index is -0.600. The van der Waals surface area contributed by atoms with E-state index in [9.17, 15) is 10.2 Å². The van der Waals surface area contributed by atoms with E-state index in [1.54, 1.807) is 6.07 Å². The van der Waals surface area contributed by atoms with Crippen LogP contribution in [0.1, 0.15) is 75.5 Å². The van der Waals surface area contributed by atoms with Crippen molar-refractivity contribution in [1.29, 1.82) is 0 Å². The Morgan fingerprint density at radius 1 is 1.24 bits per heavy atom. The van der Waals surface area contributed by atoms with Gasteiger partial charge in [0.1, 0.15) is 17.1 Å². The number of phenolic OH excluding ortho intramolecular Hbond substituents is 1. The molecule has 116 valence electrons. The summed E-state index contributed by atoms with van der Waals surface area (Å²) in [5, 5.41) is 20.7. The molecule has 3 rings (SSSR count). The van der Waals surface area contributed by atoms with Crippen molar-refractivity contribution in [2.75, 3.05) is 0 Å². The van der Waals surface area contributed by atoms with Crippen molar-refractivity contribution in [3.8, 4) is 11.5 Å². The topological polar surface area (TPSA) is 49.7 Å². The van der Waals surface area contributed by atoms with Crippen LogP contribution < -0.4 is 4.74 Å². The van der Waals surface area contributed by atoms with Gasteiger partial charge in [0.25, 0.3) is 0 Å². The molecular formula is C18H26O3. The van der Waals surface area contributed by atoms with Crippen LogP contribution in [-0.2, 0) is 6.42 Å². The predicted molar refractivity (Wildman–Crippen MR) is 82.7 cm³/mol. The number of aryl methyl sites for hydroxylation is 1. The van der Waals surface area contributed by atoms with E-state index in [4.69, 9.17) is 4.74 Å². The molecule has 21 heavy (non-hydrogen) atoms. The molecule has 1 aliphatic heterocycles. The van der Waals surface area contributed by atoms with E-state index in [1.807, 2.05) is 6.07 Å². The van der Waals surface area contributed by atoms with Gasteiger partial charge in [0.2, 0.25) is 0 Å². The number of unbranched alkanes of at least 4 members (excludes halogenated alkanes) is 2. The fourth-order valence-corrected chi connectivity index (χ4v) is 3.87. The zero-order valence-corrected chi connectivity index (χ0v) is 12.9. The number of phenols is 1. The summed E-state index contributed by atoms with van der Waals surface area (Å²) >= 11 is 0. The summed E-state index contributed by atoms with van der Waals surface area (Å²) in [5.41, 5.74) is 1.51. The van der Waals surface area contributed by atoms with Crippen molar-refractivity contribution in [3.63, 3.8) is 0 Å². The van der Waals surface area contributed by atoms with Gasteiger partial charge in [-0.2, -0.15) is 0 Å². The number of aromatic hydroxyl groups is 1. The van der Waals surface area contributed by atoms with E-state index >= 15 is 0 Å². The molecule has 1 fully saturated rings. The first-order valence-corrected chi connectivity index (χ1v) is 8.36. The van der Waals surface area contributed by atoms with E-state index in [-0.39, 0.29) is 11.4 Å². The van der Waals surface area contributed by atoms with Gasteiger partial charge in [0.05, 0.1) is 11.7 Å². The van der Waals surface area contributed by atoms with Crippen LogP contribution in [0, 0.1) is 0 Å². The normalized spacial score (nSPS) is 23.0. The lowest BCUT2D eigenvalue weighted by Gasteiger charge is -2.38. The SMILES string of the molecule is CCCCCc1cc(O)c2c(c1)OC1(CCCC1)CC2O. The largest absolute Gasteiger partial charge is 0.507 e. The molecule has 1 heterocycles. The van der Waals surface area contributed by atoms with Crippen LogP contribution in [0.25, 0.3) is 0 Å². The quantitative estimate of drug-likeness (QED) is 0.815. The Bertz CT molecular complexity index is 503. The fourth-order valence-electron chi connectivity index (χ4n) is 3.87. The molecule has 1 spiro atoms. The minimum Gasteiger partial charge on any atom is -0.507 e. The summed E-state index contributed by atoms with van der Waals surface area (Å²) < 4.78 is 6.26. The van der Waals surface area contributed by atoms with E-state index < -0.39 is 6.10 Å². The number of ether oxygens (including phenoxy) is 1. The average Bonchev–Trinajstić information content (AvgIpc) is 2.85. The van der Waals surface area contributed by atoms with Gasteiger partial charge >= 0.3 is 0 Å². The van der Waals surface area contributed by atoms with Gasteiger partial charge in [-0.15, -0.1) is 0 Å². The average molecular weight is 290 g/mol. The number of fused-ring (bicyclic) bond motifs is 1. The van der Waals surface area contributed by atoms with Gasteiger partial charge in [-0.1, -0.05) is 19.8 Å². The second-order valence-corrected chi connectivity index (χ2v) is 6.70. The molecule has 0 radical (unpaired) electrons. The highest BCUT2D eigenvalue weighted by Gasteiger charge is 2.43. The van der Waals surface area contributed by atoms with Crippen LogP contribution in [-0.4, -0.2) is 15.8 Å². The van der Waals surface area contributed by atoms with Crippen molar-refractivity contribution in [3.05, 3.63) is 23.3 Å². The maximum Gasteiger partial charge on any atom is 0.129 e. The molecule has 1 aromatic carbocycles. The van der Waals surface area contributed by atoms with Gasteiger partial charge in [-0.25, -0.2) is 0 Å². The Hall–Kier alpha value is -1.22. The summed E-state index contributed by atoms with van der Waals surface area (Å²) in [7, 11) is 0. The second kappa shape index (κ2) is 5.88. The lowest BCUT2D eigenvalue weighted by molar-refractivity contribution is -0.0107. The molecule has 1 aromatic rings. The molecule has 2 N–H and O–H groups in total. The number of benzene rings is 1. The first-order valence-electron chi connectivity index (χ1n) is 8.36. The minimum absolute atomic E-state index is 0.194. The summed E-state index contributed by atoms with van der Waals surface area (Å²) in [6, 6.07) is 3.83. The lowest BCUT2D eigenvalue weighted by atomic mass is 9.86. The Kier molecular flexibility index (Phi) is 4.12. The number of hydrogen-bond donors (Lipinski definition) is 2. The highest BCUT2D eigenvalue weighted by Crippen LogP contribution is 2.50. The molecule has 0 saturated heterocycles. The van der Waals surface area contributed by atoms with E-state index in [0.717, 1.165) is 31.2 Å². The van der Waals surface area contributed by atoms with Crippen LogP contribution in [0.5, 0.6) is 11.5 Å². The standard InChI is InChI=1S/C18H26O3/c1-2-3-4-7-13-10-14(19)17-15(20)12-18(8-5-6-9-18)21-16(17)11-13/h10-11,15,19-20H,2-9,12H2,1H3. The molecule has 0 amide bonds. The zero-order valence-electron chi connectivity index (χ0n) is 12.9. The van der Waals surface area contributed by atoms with Crippen LogP contribution >= 0.6 is 0 Å². The third kappa shape index (κ3) is 2.89. The Balaban J connectivity index is 1.86. The van der Waals surface area contributed by atoms with Crippen LogP contribution in [0.3, 0.4) is 0 Å². The van der Waals surface area contributed by atoms with E-state index in [1.165, 1.54) is 25.7 Å². The third-order valence-electron chi connectivity index (χ3n) is 4.99. The maximum atomic E-state index is 10.4. The van der Waals surface area contributed by atoms with Gasteiger partial charge in [-0.3, -0.25) is 0 Å². The molecule has 3 heteroatoms. The number of hydrogen-bond acceptors (Lipinski definition) is 3. The first-order chi connectivity index (χ1) is 10.1. The van der Waals surface area contributed by atoms with Crippen molar-refractivity contribution >= 4 is 0 Å². The third-order valence-corrected chi connectivity index (χ3v) is 4.99. The summed E-state index contributed by atoms with van der Waals surface area (Å²) in [6.45, 7) is 2.19. The van der Waals surface area contributed by atoms with Crippen LogP contribution in [0.15, 0.2) is 12.1 Å². The van der Waals surface area contributed by atoms with Crippen LogP contribution in [0.4, 0.5) is 0 Å². The molecule has 0 aromatic heterocycles. The molecule has 1 aliphatic carbocycles. The van der Waals surface area contributed by atoms with Crippen molar-refractivity contribution in [1.82, 2.24) is 0 Å². The summed E-state index contributed by atoms with van der Waals surface area (Å²) in [5.74, 6) is 0.904. The molecule has 1 unspecified atom stereocenters. The van der Waals surface area contributed by atoms with Crippen LogP contribution in [0.2, 0.25) is 0 Å². The van der Waals surface area contributed by atoms with Crippen molar-refractivity contribution in [2.24, 2.45) is 0 Å². The number of rotatable bonds is 4.